The molecule has 1 aliphatic heterocycles. The fourth-order valence-electron chi connectivity index (χ4n) is 3.27. The molecule has 1 aromatic heterocycles. The van der Waals surface area contributed by atoms with Crippen LogP contribution in [0.4, 0.5) is 11.4 Å². The third kappa shape index (κ3) is 3.06. The number of rotatable bonds is 4. The molecule has 1 aliphatic rings. The zero-order chi connectivity index (χ0) is 20.3. The maximum Gasteiger partial charge on any atom is 0.419 e. The minimum Gasteiger partial charge on any atom is -0.408 e. The van der Waals surface area contributed by atoms with Crippen LogP contribution in [0.15, 0.2) is 50.5 Å². The molecule has 9 nitrogen and oxygen atoms in total. The van der Waals surface area contributed by atoms with Crippen LogP contribution in [-0.2, 0) is 33.5 Å². The minimum absolute atomic E-state index is 0.0485. The highest BCUT2D eigenvalue weighted by atomic mass is 32.2. The van der Waals surface area contributed by atoms with Crippen LogP contribution in [0.2, 0.25) is 0 Å². The topological polar surface area (TPSA) is 119 Å². The molecule has 0 bridgehead atoms. The van der Waals surface area contributed by atoms with Gasteiger partial charge in [-0.05, 0) is 42.3 Å². The average molecular weight is 423 g/mol. The molecule has 0 atom stereocenters. The van der Waals surface area contributed by atoms with Gasteiger partial charge in [0.15, 0.2) is 5.58 Å². The van der Waals surface area contributed by atoms with E-state index in [1.54, 1.807) is 12.1 Å². The summed E-state index contributed by atoms with van der Waals surface area (Å²) in [4.78, 5) is 11.5. The molecule has 28 heavy (non-hydrogen) atoms. The van der Waals surface area contributed by atoms with E-state index in [2.05, 4.69) is 4.72 Å². The lowest BCUT2D eigenvalue weighted by atomic mass is 10.1. The summed E-state index contributed by atoms with van der Waals surface area (Å²) in [5.74, 6) is -0.577. The Morgan fingerprint density at radius 2 is 1.82 bits per heavy atom. The molecule has 148 valence electrons. The van der Waals surface area contributed by atoms with E-state index in [-0.39, 0.29) is 10.5 Å². The Morgan fingerprint density at radius 3 is 2.54 bits per heavy atom. The van der Waals surface area contributed by atoms with E-state index in [0.717, 1.165) is 11.8 Å². The van der Waals surface area contributed by atoms with Crippen LogP contribution in [0.25, 0.3) is 11.1 Å². The Bertz CT molecular complexity index is 1370. The van der Waals surface area contributed by atoms with Crippen LogP contribution in [0.1, 0.15) is 5.56 Å². The zero-order valence-electron chi connectivity index (χ0n) is 15.0. The summed E-state index contributed by atoms with van der Waals surface area (Å²) < 4.78 is 59.2. The van der Waals surface area contributed by atoms with E-state index in [9.17, 15) is 21.6 Å². The van der Waals surface area contributed by atoms with Crippen molar-refractivity contribution in [3.63, 3.8) is 0 Å². The number of hydrogen-bond acceptors (Lipinski definition) is 6. The Labute approximate surface area is 161 Å². The largest absolute Gasteiger partial charge is 0.419 e. The van der Waals surface area contributed by atoms with E-state index >= 15 is 0 Å². The van der Waals surface area contributed by atoms with E-state index in [1.807, 2.05) is 0 Å². The molecule has 0 radical (unpaired) electrons. The van der Waals surface area contributed by atoms with Gasteiger partial charge in [-0.2, -0.15) is 0 Å². The van der Waals surface area contributed by atoms with Gasteiger partial charge in [0.2, 0.25) is 10.0 Å². The summed E-state index contributed by atoms with van der Waals surface area (Å²) in [6.07, 6.45) is 1.63. The summed E-state index contributed by atoms with van der Waals surface area (Å²) in [6.45, 7) is 0.327. The third-order valence-electron chi connectivity index (χ3n) is 4.66. The van der Waals surface area contributed by atoms with E-state index in [0.29, 0.717) is 29.9 Å². The SMILES string of the molecule is Cn1c(=O)oc2cc(S(=O)(=O)Nc3ccc4c(c3)CCN4S(C)(=O)=O)ccc21. The smallest absolute Gasteiger partial charge is 0.408 e. The van der Waals surface area contributed by atoms with Crippen molar-refractivity contribution in [1.29, 1.82) is 0 Å². The minimum atomic E-state index is -3.92. The van der Waals surface area contributed by atoms with Crippen molar-refractivity contribution in [2.24, 2.45) is 7.05 Å². The van der Waals surface area contributed by atoms with Gasteiger partial charge in [0.05, 0.1) is 22.4 Å². The molecule has 3 aromatic rings. The first-order valence-corrected chi connectivity index (χ1v) is 11.6. The molecular weight excluding hydrogens is 406 g/mol. The van der Waals surface area contributed by atoms with E-state index in [1.165, 1.54) is 40.2 Å². The van der Waals surface area contributed by atoms with Crippen molar-refractivity contribution in [3.8, 4) is 0 Å². The van der Waals surface area contributed by atoms with Crippen molar-refractivity contribution in [1.82, 2.24) is 4.57 Å². The van der Waals surface area contributed by atoms with Crippen molar-refractivity contribution < 1.29 is 21.3 Å². The highest BCUT2D eigenvalue weighted by Crippen LogP contribution is 2.32. The lowest BCUT2D eigenvalue weighted by Gasteiger charge is -2.16. The molecule has 0 amide bonds. The Kier molecular flexibility index (Phi) is 4.05. The van der Waals surface area contributed by atoms with Gasteiger partial charge < -0.3 is 4.42 Å². The fraction of sp³-hybridized carbons (Fsp3) is 0.235. The number of aromatic nitrogens is 1. The number of oxazole rings is 1. The highest BCUT2D eigenvalue weighted by Gasteiger charge is 2.26. The quantitative estimate of drug-likeness (QED) is 0.675. The molecule has 0 spiro atoms. The van der Waals surface area contributed by atoms with Crippen molar-refractivity contribution in [2.75, 3.05) is 21.8 Å². The van der Waals surface area contributed by atoms with Crippen LogP contribution in [0, 0.1) is 0 Å². The molecule has 11 heteroatoms. The maximum absolute atomic E-state index is 12.7. The summed E-state index contributed by atoms with van der Waals surface area (Å²) in [7, 11) is -5.76. The van der Waals surface area contributed by atoms with Gasteiger partial charge in [-0.25, -0.2) is 21.6 Å². The second-order valence-corrected chi connectivity index (χ2v) is 10.2. The van der Waals surface area contributed by atoms with E-state index < -0.39 is 25.8 Å². The molecular formula is C17H17N3O6S2. The zero-order valence-corrected chi connectivity index (χ0v) is 16.7. The normalized spacial score (nSPS) is 14.4. The number of nitrogens with one attached hydrogen (secondary N) is 1. The molecule has 4 rings (SSSR count). The van der Waals surface area contributed by atoms with Gasteiger partial charge in [-0.3, -0.25) is 13.6 Å². The number of nitrogens with zero attached hydrogens (tertiary/aromatic N) is 2. The summed E-state index contributed by atoms with van der Waals surface area (Å²) in [6, 6.07) is 8.90. The van der Waals surface area contributed by atoms with Crippen LogP contribution in [-0.4, -0.2) is 34.2 Å². The molecule has 2 heterocycles. The fourth-order valence-corrected chi connectivity index (χ4v) is 5.30. The van der Waals surface area contributed by atoms with Crippen molar-refractivity contribution in [2.45, 2.75) is 11.3 Å². The van der Waals surface area contributed by atoms with Crippen LogP contribution < -0.4 is 14.8 Å². The molecule has 0 saturated heterocycles. The van der Waals surface area contributed by atoms with Gasteiger partial charge in [0.25, 0.3) is 10.0 Å². The first-order valence-electron chi connectivity index (χ1n) is 8.29. The summed E-state index contributed by atoms with van der Waals surface area (Å²) >= 11 is 0. The van der Waals surface area contributed by atoms with Gasteiger partial charge in [0.1, 0.15) is 0 Å². The molecule has 1 N–H and O–H groups in total. The number of aryl methyl sites for hydroxylation is 1. The molecule has 0 saturated carbocycles. The first kappa shape index (κ1) is 18.6. The molecule has 0 aliphatic carbocycles. The predicted molar refractivity (Wildman–Crippen MR) is 105 cm³/mol. The van der Waals surface area contributed by atoms with Crippen LogP contribution in [0.5, 0.6) is 0 Å². The van der Waals surface area contributed by atoms with Crippen molar-refractivity contribution >= 4 is 42.5 Å². The maximum atomic E-state index is 12.7. The first-order chi connectivity index (χ1) is 13.1. The number of sulfonamides is 2. The Balaban J connectivity index is 1.66. The second-order valence-electron chi connectivity index (χ2n) is 6.59. The molecule has 2 aromatic carbocycles. The lowest BCUT2D eigenvalue weighted by Crippen LogP contribution is -2.27. The number of benzene rings is 2. The van der Waals surface area contributed by atoms with Crippen LogP contribution >= 0.6 is 0 Å². The van der Waals surface area contributed by atoms with Gasteiger partial charge >= 0.3 is 5.76 Å². The number of hydrogen-bond donors (Lipinski definition) is 1. The monoisotopic (exact) mass is 423 g/mol. The third-order valence-corrected chi connectivity index (χ3v) is 7.22. The summed E-state index contributed by atoms with van der Waals surface area (Å²) in [5.41, 5.74) is 2.28. The van der Waals surface area contributed by atoms with Crippen LogP contribution in [0.3, 0.4) is 0 Å². The molecule has 0 fully saturated rings. The second kappa shape index (κ2) is 6.11. The standard InChI is InChI=1S/C17H17N3O6S2/c1-19-15-6-4-13(10-16(15)26-17(19)21)28(24,25)18-12-3-5-14-11(9-12)7-8-20(14)27(2,22)23/h3-6,9-10,18H,7-8H2,1-2H3. The van der Waals surface area contributed by atoms with Gasteiger partial charge in [-0.1, -0.05) is 0 Å². The van der Waals surface area contributed by atoms with Gasteiger partial charge in [-0.15, -0.1) is 0 Å². The van der Waals surface area contributed by atoms with E-state index in [4.69, 9.17) is 4.42 Å². The van der Waals surface area contributed by atoms with Crippen molar-refractivity contribution in [3.05, 3.63) is 52.5 Å². The summed E-state index contributed by atoms with van der Waals surface area (Å²) in [5, 5.41) is 0. The number of fused-ring (bicyclic) bond motifs is 2. The average Bonchev–Trinajstić information content (AvgIpc) is 3.15. The Morgan fingerprint density at radius 1 is 1.07 bits per heavy atom. The predicted octanol–water partition coefficient (Wildman–Crippen LogP) is 1.25. The lowest BCUT2D eigenvalue weighted by molar-refractivity contribution is 0.527. The highest BCUT2D eigenvalue weighted by molar-refractivity contribution is 7.92. The Hall–Kier alpha value is -2.79. The van der Waals surface area contributed by atoms with Gasteiger partial charge in [0, 0.05) is 25.3 Å². The molecule has 0 unspecified atom stereocenters. The number of anilines is 2.